The van der Waals surface area contributed by atoms with E-state index in [0.717, 1.165) is 18.6 Å². The first-order chi connectivity index (χ1) is 9.88. The van der Waals surface area contributed by atoms with Crippen LogP contribution in [0.2, 0.25) is 0 Å². The molecule has 4 fully saturated rings. The Balaban J connectivity index is 1.42. The second-order valence-corrected chi connectivity index (χ2v) is 7.56. The molecule has 0 aromatic rings. The quantitative estimate of drug-likeness (QED) is 0.855. The first-order valence-electron chi connectivity index (χ1n) is 8.97. The van der Waals surface area contributed by atoms with Gasteiger partial charge in [-0.3, -0.25) is 4.90 Å². The zero-order valence-electron chi connectivity index (χ0n) is 12.8. The number of rotatable bonds is 4. The van der Waals surface area contributed by atoms with Crippen LogP contribution >= 0.6 is 0 Å². The van der Waals surface area contributed by atoms with Crippen molar-refractivity contribution in [1.29, 1.82) is 0 Å². The van der Waals surface area contributed by atoms with Gasteiger partial charge in [-0.25, -0.2) is 0 Å². The number of ether oxygens (including phenoxy) is 1. The summed E-state index contributed by atoms with van der Waals surface area (Å²) in [5.41, 5.74) is 0.440. The fourth-order valence-electron chi connectivity index (χ4n) is 4.75. The van der Waals surface area contributed by atoms with Gasteiger partial charge in [0.2, 0.25) is 0 Å². The van der Waals surface area contributed by atoms with Crippen LogP contribution in [-0.2, 0) is 4.74 Å². The van der Waals surface area contributed by atoms with Crippen molar-refractivity contribution in [1.82, 2.24) is 10.2 Å². The van der Waals surface area contributed by atoms with Crippen LogP contribution in [0.4, 0.5) is 0 Å². The molecule has 3 heteroatoms. The first kappa shape index (κ1) is 13.5. The lowest BCUT2D eigenvalue weighted by molar-refractivity contribution is -0.200. The van der Waals surface area contributed by atoms with E-state index in [1.54, 1.807) is 0 Å². The Labute approximate surface area is 123 Å². The largest absolute Gasteiger partial charge is 0.375 e. The molecule has 2 saturated heterocycles. The van der Waals surface area contributed by atoms with E-state index in [4.69, 9.17) is 4.74 Å². The Morgan fingerprint density at radius 3 is 2.45 bits per heavy atom. The van der Waals surface area contributed by atoms with Crippen molar-refractivity contribution in [3.63, 3.8) is 0 Å². The van der Waals surface area contributed by atoms with Gasteiger partial charge in [0.25, 0.3) is 0 Å². The van der Waals surface area contributed by atoms with Crippen molar-refractivity contribution in [2.45, 2.75) is 75.5 Å². The minimum absolute atomic E-state index is 0.440. The van der Waals surface area contributed by atoms with Crippen LogP contribution in [0.5, 0.6) is 0 Å². The topological polar surface area (TPSA) is 24.5 Å². The fourth-order valence-corrected chi connectivity index (χ4v) is 4.75. The molecule has 0 amide bonds. The molecule has 2 saturated carbocycles. The highest BCUT2D eigenvalue weighted by atomic mass is 16.5. The maximum absolute atomic E-state index is 6.36. The molecule has 114 valence electrons. The van der Waals surface area contributed by atoms with Crippen molar-refractivity contribution < 1.29 is 4.74 Å². The van der Waals surface area contributed by atoms with E-state index >= 15 is 0 Å². The maximum atomic E-state index is 6.36. The molecule has 1 atom stereocenters. The highest BCUT2D eigenvalue weighted by Crippen LogP contribution is 2.47. The van der Waals surface area contributed by atoms with Gasteiger partial charge in [-0.2, -0.15) is 0 Å². The molecule has 0 aromatic carbocycles. The summed E-state index contributed by atoms with van der Waals surface area (Å²) < 4.78 is 6.36. The molecule has 3 nitrogen and oxygen atoms in total. The fraction of sp³-hybridized carbons (Fsp3) is 1.00. The molecule has 4 rings (SSSR count). The van der Waals surface area contributed by atoms with Gasteiger partial charge in [-0.15, -0.1) is 0 Å². The van der Waals surface area contributed by atoms with Gasteiger partial charge >= 0.3 is 0 Å². The number of hydrogen-bond donors (Lipinski definition) is 1. The smallest absolute Gasteiger partial charge is 0.0885 e. The SMILES string of the molecule is C1CCC2(CC1)[C@@H](OCC1CC1)CN2C1CCNCC1. The average molecular weight is 278 g/mol. The summed E-state index contributed by atoms with van der Waals surface area (Å²) in [5.74, 6) is 0.906. The van der Waals surface area contributed by atoms with E-state index in [2.05, 4.69) is 10.2 Å². The van der Waals surface area contributed by atoms with Crippen LogP contribution in [0.25, 0.3) is 0 Å². The number of piperidine rings is 1. The number of nitrogens with zero attached hydrogens (tertiary/aromatic N) is 1. The second-order valence-electron chi connectivity index (χ2n) is 7.56. The third-order valence-electron chi connectivity index (χ3n) is 6.23. The Kier molecular flexibility index (Phi) is 3.78. The number of likely N-dealkylation sites (tertiary alicyclic amines) is 1. The Bertz CT molecular complexity index is 330. The molecule has 4 aliphatic rings. The third-order valence-corrected chi connectivity index (χ3v) is 6.23. The Morgan fingerprint density at radius 1 is 1.00 bits per heavy atom. The lowest BCUT2D eigenvalue weighted by atomic mass is 9.69. The van der Waals surface area contributed by atoms with Crippen molar-refractivity contribution in [2.75, 3.05) is 26.2 Å². The van der Waals surface area contributed by atoms with Gasteiger partial charge in [0.05, 0.1) is 6.10 Å². The van der Waals surface area contributed by atoms with Crippen molar-refractivity contribution >= 4 is 0 Å². The van der Waals surface area contributed by atoms with E-state index in [-0.39, 0.29) is 0 Å². The number of hydrogen-bond acceptors (Lipinski definition) is 3. The molecule has 1 spiro atoms. The second kappa shape index (κ2) is 5.58. The molecular weight excluding hydrogens is 248 g/mol. The summed E-state index contributed by atoms with van der Waals surface area (Å²) >= 11 is 0. The molecule has 2 aliphatic carbocycles. The Hall–Kier alpha value is -0.120. The molecule has 1 N–H and O–H groups in total. The maximum Gasteiger partial charge on any atom is 0.0885 e. The standard InChI is InChI=1S/C17H30N2O/c1-2-8-17(9-3-1)16(20-13-14-4-5-14)12-19(17)15-6-10-18-11-7-15/h14-16,18H,1-13H2/t16-/m0/s1. The van der Waals surface area contributed by atoms with Crippen LogP contribution in [0.1, 0.15) is 57.8 Å². The molecule has 0 unspecified atom stereocenters. The number of nitrogens with one attached hydrogen (secondary N) is 1. The molecule has 0 radical (unpaired) electrons. The van der Waals surface area contributed by atoms with Crippen LogP contribution in [0.3, 0.4) is 0 Å². The zero-order chi connectivity index (χ0) is 13.4. The summed E-state index contributed by atoms with van der Waals surface area (Å²) in [4.78, 5) is 2.87. The highest BCUT2D eigenvalue weighted by molar-refractivity contribution is 5.11. The summed E-state index contributed by atoms with van der Waals surface area (Å²) in [7, 11) is 0. The Morgan fingerprint density at radius 2 is 1.75 bits per heavy atom. The predicted octanol–water partition coefficient (Wildman–Crippen LogP) is 2.55. The van der Waals surface area contributed by atoms with Crippen LogP contribution in [-0.4, -0.2) is 48.8 Å². The molecule has 0 bridgehead atoms. The van der Waals surface area contributed by atoms with Crippen molar-refractivity contribution in [2.24, 2.45) is 5.92 Å². The highest BCUT2D eigenvalue weighted by Gasteiger charge is 2.56. The van der Waals surface area contributed by atoms with Gasteiger partial charge in [0.15, 0.2) is 0 Å². The van der Waals surface area contributed by atoms with Crippen molar-refractivity contribution in [3.05, 3.63) is 0 Å². The molecule has 2 heterocycles. The third kappa shape index (κ3) is 2.42. The normalized spacial score (nSPS) is 35.1. The van der Waals surface area contributed by atoms with E-state index in [9.17, 15) is 0 Å². The lowest BCUT2D eigenvalue weighted by Crippen LogP contribution is -2.75. The molecule has 20 heavy (non-hydrogen) atoms. The van der Waals surface area contributed by atoms with E-state index in [0.29, 0.717) is 11.6 Å². The molecular formula is C17H30N2O. The lowest BCUT2D eigenvalue weighted by Gasteiger charge is -2.63. The van der Waals surface area contributed by atoms with Gasteiger partial charge in [-0.05, 0) is 57.5 Å². The summed E-state index contributed by atoms with van der Waals surface area (Å²) in [6, 6.07) is 0.829. The summed E-state index contributed by atoms with van der Waals surface area (Å²) in [6.07, 6.45) is 13.1. The van der Waals surface area contributed by atoms with E-state index in [1.165, 1.54) is 77.4 Å². The minimum Gasteiger partial charge on any atom is -0.375 e. The average Bonchev–Trinajstić information content (AvgIpc) is 3.32. The van der Waals surface area contributed by atoms with Gasteiger partial charge in [-0.1, -0.05) is 19.3 Å². The predicted molar refractivity (Wildman–Crippen MR) is 80.9 cm³/mol. The molecule has 0 aromatic heterocycles. The monoisotopic (exact) mass is 278 g/mol. The van der Waals surface area contributed by atoms with E-state index < -0.39 is 0 Å². The van der Waals surface area contributed by atoms with Crippen LogP contribution in [0, 0.1) is 5.92 Å². The first-order valence-corrected chi connectivity index (χ1v) is 8.97. The van der Waals surface area contributed by atoms with Gasteiger partial charge in [0, 0.05) is 24.7 Å². The molecule has 2 aliphatic heterocycles. The minimum atomic E-state index is 0.440. The van der Waals surface area contributed by atoms with Crippen LogP contribution < -0.4 is 5.32 Å². The summed E-state index contributed by atoms with van der Waals surface area (Å²) in [6.45, 7) is 4.69. The van der Waals surface area contributed by atoms with Gasteiger partial charge < -0.3 is 10.1 Å². The van der Waals surface area contributed by atoms with E-state index in [1.807, 2.05) is 0 Å². The van der Waals surface area contributed by atoms with Crippen molar-refractivity contribution in [3.8, 4) is 0 Å². The summed E-state index contributed by atoms with van der Waals surface area (Å²) in [5, 5.41) is 3.51. The van der Waals surface area contributed by atoms with Crippen LogP contribution in [0.15, 0.2) is 0 Å². The van der Waals surface area contributed by atoms with Gasteiger partial charge in [0.1, 0.15) is 0 Å². The zero-order valence-corrected chi connectivity index (χ0v) is 12.8.